The molecule has 0 bridgehead atoms. The van der Waals surface area contributed by atoms with Gasteiger partial charge in [-0.15, -0.1) is 0 Å². The van der Waals surface area contributed by atoms with Crippen LogP contribution in [0.5, 0.6) is 5.88 Å². The monoisotopic (exact) mass is 449 g/mol. The normalized spacial score (nSPS) is 18.4. The molecule has 0 N–H and O–H groups in total. The highest BCUT2D eigenvalue weighted by atomic mass is 35.5. The SMILES string of the molecule is COC1COc2c(S(=O)(=O)CC(=O)Cc3c(Cl)cc(C#N)cc3C3CC3)cnn2C1. The molecule has 0 saturated heterocycles. The summed E-state index contributed by atoms with van der Waals surface area (Å²) in [4.78, 5) is 12.6. The van der Waals surface area contributed by atoms with E-state index in [-0.39, 0.29) is 35.8 Å². The molecule has 158 valence electrons. The maximum Gasteiger partial charge on any atom is 0.231 e. The number of hydrogen-bond acceptors (Lipinski definition) is 7. The lowest BCUT2D eigenvalue weighted by Gasteiger charge is -2.23. The second-order valence-electron chi connectivity index (χ2n) is 7.55. The van der Waals surface area contributed by atoms with E-state index in [9.17, 15) is 13.2 Å². The number of ketones is 1. The summed E-state index contributed by atoms with van der Waals surface area (Å²) in [5.74, 6) is -0.760. The Hall–Kier alpha value is -2.41. The third-order valence-corrected chi connectivity index (χ3v) is 7.30. The summed E-state index contributed by atoms with van der Waals surface area (Å²) in [5, 5.41) is 13.5. The van der Waals surface area contributed by atoms with Crippen LogP contribution in [0.15, 0.2) is 23.2 Å². The Morgan fingerprint density at radius 3 is 2.87 bits per heavy atom. The van der Waals surface area contributed by atoms with E-state index in [0.717, 1.165) is 18.4 Å². The molecule has 2 aliphatic rings. The van der Waals surface area contributed by atoms with Crippen molar-refractivity contribution in [2.75, 3.05) is 19.5 Å². The van der Waals surface area contributed by atoms with Gasteiger partial charge in [0.1, 0.15) is 23.4 Å². The number of carbonyl (C=O) groups is 1. The third kappa shape index (κ3) is 4.08. The molecule has 8 nitrogen and oxygen atoms in total. The van der Waals surface area contributed by atoms with Crippen LogP contribution in [0.3, 0.4) is 0 Å². The highest BCUT2D eigenvalue weighted by molar-refractivity contribution is 7.92. The predicted molar refractivity (Wildman–Crippen MR) is 107 cm³/mol. The summed E-state index contributed by atoms with van der Waals surface area (Å²) < 4.78 is 37.9. The number of rotatable bonds is 7. The van der Waals surface area contributed by atoms with E-state index in [2.05, 4.69) is 11.2 Å². The van der Waals surface area contributed by atoms with Crippen molar-refractivity contribution in [2.45, 2.75) is 42.7 Å². The van der Waals surface area contributed by atoms with Gasteiger partial charge < -0.3 is 9.47 Å². The summed E-state index contributed by atoms with van der Waals surface area (Å²) in [6.45, 7) is 0.588. The van der Waals surface area contributed by atoms with Gasteiger partial charge in [0.2, 0.25) is 5.88 Å². The molecule has 10 heteroatoms. The summed E-state index contributed by atoms with van der Waals surface area (Å²) in [6.07, 6.45) is 2.82. The maximum atomic E-state index is 12.9. The van der Waals surface area contributed by atoms with E-state index in [4.69, 9.17) is 26.3 Å². The first-order valence-electron chi connectivity index (χ1n) is 9.50. The largest absolute Gasteiger partial charge is 0.474 e. The Kier molecular flexibility index (Phi) is 5.57. The molecule has 1 aliphatic heterocycles. The first-order chi connectivity index (χ1) is 14.3. The third-order valence-electron chi connectivity index (χ3n) is 5.31. The van der Waals surface area contributed by atoms with Crippen molar-refractivity contribution >= 4 is 27.2 Å². The molecular weight excluding hydrogens is 430 g/mol. The lowest BCUT2D eigenvalue weighted by Crippen LogP contribution is -2.32. The molecule has 1 aromatic heterocycles. The minimum Gasteiger partial charge on any atom is -0.474 e. The molecule has 1 fully saturated rings. The van der Waals surface area contributed by atoms with Gasteiger partial charge >= 0.3 is 0 Å². The molecule has 1 unspecified atom stereocenters. The smallest absolute Gasteiger partial charge is 0.231 e. The number of fused-ring (bicyclic) bond motifs is 1. The van der Waals surface area contributed by atoms with Crippen LogP contribution in [0, 0.1) is 11.3 Å². The minimum absolute atomic E-state index is 0.0984. The Balaban J connectivity index is 1.54. The number of aromatic nitrogens is 2. The van der Waals surface area contributed by atoms with Crippen molar-refractivity contribution in [3.8, 4) is 11.9 Å². The van der Waals surface area contributed by atoms with E-state index < -0.39 is 21.4 Å². The highest BCUT2D eigenvalue weighted by Crippen LogP contribution is 2.44. The van der Waals surface area contributed by atoms with Gasteiger partial charge in [-0.05, 0) is 42.0 Å². The summed E-state index contributed by atoms with van der Waals surface area (Å²) in [7, 11) is -2.39. The Morgan fingerprint density at radius 2 is 2.20 bits per heavy atom. The van der Waals surface area contributed by atoms with Crippen LogP contribution in [0.2, 0.25) is 5.02 Å². The number of benzene rings is 1. The quantitative estimate of drug-likeness (QED) is 0.637. The molecule has 0 amide bonds. The highest BCUT2D eigenvalue weighted by Gasteiger charge is 2.33. The van der Waals surface area contributed by atoms with Gasteiger partial charge in [0, 0.05) is 18.6 Å². The Bertz CT molecular complexity index is 1150. The van der Waals surface area contributed by atoms with Crippen LogP contribution < -0.4 is 4.74 Å². The van der Waals surface area contributed by atoms with E-state index in [1.165, 1.54) is 16.9 Å². The van der Waals surface area contributed by atoms with Crippen molar-refractivity contribution in [3.63, 3.8) is 0 Å². The fraction of sp³-hybridized carbons (Fsp3) is 0.450. The van der Waals surface area contributed by atoms with E-state index in [1.807, 2.05) is 0 Å². The fourth-order valence-corrected chi connectivity index (χ4v) is 5.22. The molecular formula is C20H20ClN3O5S. The topological polar surface area (TPSA) is 111 Å². The number of hydrogen-bond donors (Lipinski definition) is 0. The van der Waals surface area contributed by atoms with Crippen molar-refractivity contribution < 1.29 is 22.7 Å². The minimum atomic E-state index is -3.94. The second-order valence-corrected chi connectivity index (χ2v) is 9.92. The number of sulfone groups is 1. The fourth-order valence-electron chi connectivity index (χ4n) is 3.61. The van der Waals surface area contributed by atoms with Crippen molar-refractivity contribution in [1.82, 2.24) is 9.78 Å². The van der Waals surface area contributed by atoms with Crippen molar-refractivity contribution in [3.05, 3.63) is 40.0 Å². The van der Waals surface area contributed by atoms with E-state index >= 15 is 0 Å². The van der Waals surface area contributed by atoms with Crippen LogP contribution in [0.25, 0.3) is 0 Å². The zero-order valence-electron chi connectivity index (χ0n) is 16.3. The average molecular weight is 450 g/mol. The molecule has 1 aliphatic carbocycles. The van der Waals surface area contributed by atoms with Crippen LogP contribution in [0.4, 0.5) is 0 Å². The zero-order valence-corrected chi connectivity index (χ0v) is 17.9. The van der Waals surface area contributed by atoms with Gasteiger partial charge in [0.25, 0.3) is 0 Å². The number of nitriles is 1. The molecule has 1 aromatic carbocycles. The molecule has 4 rings (SSSR count). The number of ether oxygens (including phenoxy) is 2. The molecule has 0 spiro atoms. The van der Waals surface area contributed by atoms with Gasteiger partial charge in [0.05, 0.1) is 24.4 Å². The zero-order chi connectivity index (χ0) is 21.5. The summed E-state index contributed by atoms with van der Waals surface area (Å²) in [5.41, 5.74) is 1.90. The second kappa shape index (κ2) is 8.02. The Morgan fingerprint density at radius 1 is 1.43 bits per heavy atom. The molecule has 2 aromatic rings. The van der Waals surface area contributed by atoms with Crippen LogP contribution in [0.1, 0.15) is 35.4 Å². The van der Waals surface area contributed by atoms with Crippen LogP contribution in [-0.4, -0.2) is 49.6 Å². The van der Waals surface area contributed by atoms with E-state index in [0.29, 0.717) is 22.7 Å². The van der Waals surface area contributed by atoms with Crippen molar-refractivity contribution in [2.24, 2.45) is 0 Å². The first kappa shape index (κ1) is 20.8. The number of methoxy groups -OCH3 is 1. The van der Waals surface area contributed by atoms with Gasteiger partial charge in [-0.25, -0.2) is 13.1 Å². The summed E-state index contributed by atoms with van der Waals surface area (Å²) >= 11 is 6.32. The standard InChI is InChI=1S/C20H20ClN3O5S/c1-28-15-9-24-20(29-10-15)19(8-23-24)30(26,27)11-14(25)6-17-16(13-2-3-13)4-12(7-22)5-18(17)21/h4-5,8,13,15H,2-3,6,9-11H2,1H3. The average Bonchev–Trinajstić information content (AvgIpc) is 3.46. The first-order valence-corrected chi connectivity index (χ1v) is 11.5. The van der Waals surface area contributed by atoms with Gasteiger partial charge in [-0.2, -0.15) is 10.4 Å². The molecule has 1 atom stereocenters. The van der Waals surface area contributed by atoms with Crippen LogP contribution >= 0.6 is 11.6 Å². The van der Waals surface area contributed by atoms with E-state index in [1.54, 1.807) is 13.2 Å². The summed E-state index contributed by atoms with van der Waals surface area (Å²) in [6, 6.07) is 5.32. The lowest BCUT2D eigenvalue weighted by atomic mass is 9.97. The molecule has 0 radical (unpaired) electrons. The number of halogens is 1. The number of Topliss-reactive ketones (excluding diaryl/α,β-unsaturated/α-hetero) is 1. The maximum absolute atomic E-state index is 12.9. The van der Waals surface area contributed by atoms with Gasteiger partial charge in [0.15, 0.2) is 15.6 Å². The Labute approximate surface area is 179 Å². The molecule has 1 saturated carbocycles. The molecule has 2 heterocycles. The lowest BCUT2D eigenvalue weighted by molar-refractivity contribution is -0.116. The van der Waals surface area contributed by atoms with Gasteiger partial charge in [-0.1, -0.05) is 11.6 Å². The number of nitrogens with zero attached hydrogens (tertiary/aromatic N) is 3. The van der Waals surface area contributed by atoms with Gasteiger partial charge in [-0.3, -0.25) is 4.79 Å². The van der Waals surface area contributed by atoms with Crippen molar-refractivity contribution in [1.29, 1.82) is 5.26 Å². The molecule has 30 heavy (non-hydrogen) atoms. The predicted octanol–water partition coefficient (Wildman–Crippen LogP) is 2.28. The number of carbonyl (C=O) groups excluding carboxylic acids is 1. The van der Waals surface area contributed by atoms with Crippen LogP contribution in [-0.2, 0) is 32.3 Å².